The summed E-state index contributed by atoms with van der Waals surface area (Å²) in [5.74, 6) is 0. The number of fused-ring (bicyclic) bond motifs is 1. The van der Waals surface area contributed by atoms with E-state index in [2.05, 4.69) is 30.2 Å². The molecule has 0 radical (unpaired) electrons. The van der Waals surface area contributed by atoms with Gasteiger partial charge in [0.1, 0.15) is 11.9 Å². The van der Waals surface area contributed by atoms with Crippen molar-refractivity contribution in [3.63, 3.8) is 0 Å². The second kappa shape index (κ2) is 4.20. The van der Waals surface area contributed by atoms with Gasteiger partial charge in [-0.05, 0) is 32.7 Å². The summed E-state index contributed by atoms with van der Waals surface area (Å²) in [4.78, 5) is 4.23. The van der Waals surface area contributed by atoms with Crippen LogP contribution in [0.4, 0.5) is 4.39 Å². The molecule has 0 aromatic carbocycles. The lowest BCUT2D eigenvalue weighted by molar-refractivity contribution is 0.328. The first-order valence-corrected chi connectivity index (χ1v) is 6.13. The number of halogens is 1. The van der Waals surface area contributed by atoms with Gasteiger partial charge in [-0.25, -0.2) is 13.8 Å². The number of nitrogens with zero attached hydrogens (tertiary/aromatic N) is 3. The molecule has 1 aromatic heterocycles. The SMILES string of the molecule is CC(C)(C)SN=Cc1ncn2c1C[C@@H](F)C2. The van der Waals surface area contributed by atoms with Crippen LogP contribution >= 0.6 is 11.9 Å². The molecule has 1 aromatic rings. The van der Waals surface area contributed by atoms with E-state index in [1.54, 1.807) is 12.5 Å². The molecular weight excluding hydrogens is 225 g/mol. The minimum atomic E-state index is -0.764. The van der Waals surface area contributed by atoms with Crippen LogP contribution in [0.25, 0.3) is 0 Å². The minimum absolute atomic E-state index is 0.0992. The van der Waals surface area contributed by atoms with Crippen molar-refractivity contribution in [1.29, 1.82) is 0 Å². The average molecular weight is 241 g/mol. The van der Waals surface area contributed by atoms with Gasteiger partial charge < -0.3 is 4.57 Å². The van der Waals surface area contributed by atoms with Crippen LogP contribution in [0.2, 0.25) is 0 Å². The van der Waals surface area contributed by atoms with Crippen molar-refractivity contribution < 1.29 is 4.39 Å². The minimum Gasteiger partial charge on any atom is -0.331 e. The van der Waals surface area contributed by atoms with Crippen molar-refractivity contribution >= 4 is 18.2 Å². The van der Waals surface area contributed by atoms with Crippen LogP contribution in [0.3, 0.4) is 0 Å². The largest absolute Gasteiger partial charge is 0.331 e. The molecular formula is C11H16FN3S. The van der Waals surface area contributed by atoms with Crippen LogP contribution in [0.15, 0.2) is 10.7 Å². The Morgan fingerprint density at radius 2 is 2.38 bits per heavy atom. The van der Waals surface area contributed by atoms with Gasteiger partial charge in [0.25, 0.3) is 0 Å². The predicted molar refractivity (Wildman–Crippen MR) is 65.8 cm³/mol. The summed E-state index contributed by atoms with van der Waals surface area (Å²) in [6.07, 6.45) is 3.12. The van der Waals surface area contributed by atoms with Gasteiger partial charge in [-0.1, -0.05) is 0 Å². The lowest BCUT2D eigenvalue weighted by Crippen LogP contribution is -2.05. The molecule has 0 unspecified atom stereocenters. The van der Waals surface area contributed by atoms with Crippen molar-refractivity contribution in [3.8, 4) is 0 Å². The molecule has 0 N–H and O–H groups in total. The number of alkyl halides is 1. The highest BCUT2D eigenvalue weighted by Crippen LogP contribution is 2.25. The average Bonchev–Trinajstić information content (AvgIpc) is 2.64. The van der Waals surface area contributed by atoms with Crippen LogP contribution in [0.5, 0.6) is 0 Å². The molecule has 0 saturated carbocycles. The first kappa shape index (κ1) is 11.6. The number of aromatic nitrogens is 2. The molecule has 3 nitrogen and oxygen atoms in total. The summed E-state index contributed by atoms with van der Waals surface area (Å²) < 4.78 is 19.4. The molecule has 5 heteroatoms. The fraction of sp³-hybridized carbons (Fsp3) is 0.636. The molecule has 1 aliphatic heterocycles. The van der Waals surface area contributed by atoms with Gasteiger partial charge >= 0.3 is 0 Å². The van der Waals surface area contributed by atoms with Gasteiger partial charge in [0, 0.05) is 16.9 Å². The summed E-state index contributed by atoms with van der Waals surface area (Å²) in [5, 5.41) is 0. The van der Waals surface area contributed by atoms with Crippen LogP contribution in [-0.4, -0.2) is 26.7 Å². The first-order chi connectivity index (χ1) is 7.46. The van der Waals surface area contributed by atoms with E-state index in [1.165, 1.54) is 11.9 Å². The third kappa shape index (κ3) is 2.64. The van der Waals surface area contributed by atoms with E-state index in [4.69, 9.17) is 0 Å². The van der Waals surface area contributed by atoms with Gasteiger partial charge in [0.2, 0.25) is 0 Å². The maximum absolute atomic E-state index is 13.1. The zero-order chi connectivity index (χ0) is 11.8. The Labute approximate surface area is 99.3 Å². The molecule has 1 aliphatic rings. The standard InChI is InChI=1S/C11H16FN3S/c1-11(2,3)16-14-5-9-10-4-8(12)6-15(10)7-13-9/h5,7-8H,4,6H2,1-3H3/t8-/m1/s1. The molecule has 2 heterocycles. The number of hydrogen-bond donors (Lipinski definition) is 0. The van der Waals surface area contributed by atoms with Gasteiger partial charge in [0.05, 0.1) is 19.1 Å². The molecule has 0 spiro atoms. The van der Waals surface area contributed by atoms with E-state index < -0.39 is 6.17 Å². The van der Waals surface area contributed by atoms with Gasteiger partial charge in [0.15, 0.2) is 0 Å². The lowest BCUT2D eigenvalue weighted by Gasteiger charge is -2.11. The van der Waals surface area contributed by atoms with Crippen molar-refractivity contribution in [2.45, 2.75) is 44.7 Å². The fourth-order valence-corrected chi connectivity index (χ4v) is 2.10. The summed E-state index contributed by atoms with van der Waals surface area (Å²) in [5.41, 5.74) is 1.77. The molecule has 2 rings (SSSR count). The second-order valence-electron chi connectivity index (χ2n) is 4.97. The highest BCUT2D eigenvalue weighted by molar-refractivity contribution is 7.99. The Hall–Kier alpha value is -0.840. The highest BCUT2D eigenvalue weighted by atomic mass is 32.2. The van der Waals surface area contributed by atoms with E-state index in [0.717, 1.165) is 11.4 Å². The summed E-state index contributed by atoms with van der Waals surface area (Å²) >= 11 is 1.50. The second-order valence-corrected chi connectivity index (χ2v) is 6.59. The number of imidazole rings is 1. The normalized spacial score (nSPS) is 20.6. The zero-order valence-electron chi connectivity index (χ0n) is 9.77. The van der Waals surface area contributed by atoms with Crippen LogP contribution in [-0.2, 0) is 13.0 Å². The van der Waals surface area contributed by atoms with Gasteiger partial charge in [-0.15, -0.1) is 0 Å². The summed E-state index contributed by atoms with van der Waals surface area (Å²) in [6.45, 7) is 6.74. The molecule has 88 valence electrons. The van der Waals surface area contributed by atoms with E-state index in [0.29, 0.717) is 13.0 Å². The van der Waals surface area contributed by atoms with Crippen molar-refractivity contribution in [2.24, 2.45) is 4.40 Å². The Morgan fingerprint density at radius 1 is 1.62 bits per heavy atom. The summed E-state index contributed by atoms with van der Waals surface area (Å²) in [7, 11) is 0. The molecule has 0 fully saturated rings. The first-order valence-electron chi connectivity index (χ1n) is 5.35. The van der Waals surface area contributed by atoms with Crippen molar-refractivity contribution in [2.75, 3.05) is 0 Å². The Bertz CT molecular complexity index is 406. The Balaban J connectivity index is 2.07. The van der Waals surface area contributed by atoms with E-state index >= 15 is 0 Å². The van der Waals surface area contributed by atoms with Crippen LogP contribution in [0.1, 0.15) is 32.2 Å². The quantitative estimate of drug-likeness (QED) is 0.588. The predicted octanol–water partition coefficient (Wildman–Crippen LogP) is 2.64. The third-order valence-corrected chi connectivity index (χ3v) is 3.05. The van der Waals surface area contributed by atoms with E-state index in [-0.39, 0.29) is 4.75 Å². The topological polar surface area (TPSA) is 30.2 Å². The zero-order valence-corrected chi connectivity index (χ0v) is 10.6. The lowest BCUT2D eigenvalue weighted by atomic mass is 10.2. The Kier molecular flexibility index (Phi) is 3.06. The molecule has 0 saturated heterocycles. The van der Waals surface area contributed by atoms with Crippen LogP contribution in [0, 0.1) is 0 Å². The summed E-state index contributed by atoms with van der Waals surface area (Å²) in [6, 6.07) is 0. The third-order valence-electron chi connectivity index (χ3n) is 2.29. The monoisotopic (exact) mass is 241 g/mol. The molecule has 0 bridgehead atoms. The maximum Gasteiger partial charge on any atom is 0.123 e. The molecule has 0 amide bonds. The van der Waals surface area contributed by atoms with Gasteiger partial charge in [-0.3, -0.25) is 0 Å². The highest BCUT2D eigenvalue weighted by Gasteiger charge is 2.23. The number of rotatable bonds is 2. The van der Waals surface area contributed by atoms with Crippen LogP contribution < -0.4 is 0 Å². The molecule has 1 atom stereocenters. The van der Waals surface area contributed by atoms with E-state index in [1.807, 2.05) is 4.57 Å². The molecule has 0 aliphatic carbocycles. The number of hydrogen-bond acceptors (Lipinski definition) is 3. The smallest absolute Gasteiger partial charge is 0.123 e. The molecule has 16 heavy (non-hydrogen) atoms. The Morgan fingerprint density at radius 3 is 3.06 bits per heavy atom. The van der Waals surface area contributed by atoms with Crippen molar-refractivity contribution in [1.82, 2.24) is 9.55 Å². The fourth-order valence-electron chi connectivity index (χ4n) is 1.63. The van der Waals surface area contributed by atoms with E-state index in [9.17, 15) is 4.39 Å². The van der Waals surface area contributed by atoms with Gasteiger partial charge in [-0.2, -0.15) is 0 Å². The van der Waals surface area contributed by atoms with Crippen molar-refractivity contribution in [3.05, 3.63) is 17.7 Å². The maximum atomic E-state index is 13.1.